The molecule has 3 heterocycles. The molecule has 4 rings (SSSR count). The number of pyridine rings is 1. The lowest BCUT2D eigenvalue weighted by molar-refractivity contribution is 0.187. The van der Waals surface area contributed by atoms with Crippen molar-refractivity contribution in [2.75, 3.05) is 33.9 Å². The fraction of sp³-hybridized carbons (Fsp3) is 0.429. The van der Waals surface area contributed by atoms with Crippen molar-refractivity contribution in [3.05, 3.63) is 48.4 Å². The Morgan fingerprint density at radius 2 is 2.07 bits per heavy atom. The minimum Gasteiger partial charge on any atom is -0.497 e. The summed E-state index contributed by atoms with van der Waals surface area (Å²) in [6.07, 6.45) is 3.25. The molecule has 0 radical (unpaired) electrons. The molecule has 9 heteroatoms. The Labute approximate surface area is 176 Å². The van der Waals surface area contributed by atoms with Crippen LogP contribution in [-0.2, 0) is 27.7 Å². The van der Waals surface area contributed by atoms with Gasteiger partial charge in [-0.2, -0.15) is 4.31 Å². The van der Waals surface area contributed by atoms with Crippen molar-refractivity contribution < 1.29 is 17.9 Å². The number of hydrogen-bond acceptors (Lipinski definition) is 6. The van der Waals surface area contributed by atoms with Crippen molar-refractivity contribution in [1.82, 2.24) is 18.8 Å². The van der Waals surface area contributed by atoms with Gasteiger partial charge in [0.1, 0.15) is 17.1 Å². The molecule has 1 saturated heterocycles. The molecule has 0 saturated carbocycles. The Kier molecular flexibility index (Phi) is 6.03. The summed E-state index contributed by atoms with van der Waals surface area (Å²) in [7, 11) is -0.351. The molecule has 0 unspecified atom stereocenters. The van der Waals surface area contributed by atoms with Crippen molar-refractivity contribution >= 4 is 21.2 Å². The van der Waals surface area contributed by atoms with Gasteiger partial charge in [-0.05, 0) is 36.6 Å². The van der Waals surface area contributed by atoms with Crippen LogP contribution in [0, 0.1) is 5.92 Å². The van der Waals surface area contributed by atoms with Gasteiger partial charge in [0.05, 0.1) is 18.6 Å². The molecule has 1 atom stereocenters. The van der Waals surface area contributed by atoms with Gasteiger partial charge in [0.25, 0.3) is 0 Å². The molecule has 0 amide bonds. The molecule has 0 spiro atoms. The second kappa shape index (κ2) is 8.71. The molecular weight excluding hydrogens is 404 g/mol. The van der Waals surface area contributed by atoms with Gasteiger partial charge in [-0.1, -0.05) is 6.07 Å². The number of sulfonamides is 1. The van der Waals surface area contributed by atoms with Crippen LogP contribution in [0.4, 0.5) is 0 Å². The Hall–Kier alpha value is -2.49. The first-order valence-corrected chi connectivity index (χ1v) is 11.4. The van der Waals surface area contributed by atoms with Crippen LogP contribution in [0.1, 0.15) is 12.2 Å². The van der Waals surface area contributed by atoms with E-state index in [1.165, 1.54) is 7.11 Å². The number of benzene rings is 1. The Morgan fingerprint density at radius 1 is 1.20 bits per heavy atom. The molecule has 2 aromatic heterocycles. The number of imidazole rings is 1. The topological polar surface area (TPSA) is 86.5 Å². The Balaban J connectivity index is 1.53. The van der Waals surface area contributed by atoms with E-state index in [4.69, 9.17) is 14.5 Å². The standard InChI is InChI=1S/C21H26N4O4S/c1-28-12-11-25-20(23-19-7-4-9-22-21(19)25)13-16-8-10-24(15-16)30(26,27)18-6-3-5-17(14-18)29-2/h3-7,9,14,16H,8,10-13,15H2,1-2H3/t16-/m1/s1. The number of ether oxygens (including phenoxy) is 2. The lowest BCUT2D eigenvalue weighted by Crippen LogP contribution is -2.29. The van der Waals surface area contributed by atoms with Crippen molar-refractivity contribution in [3.63, 3.8) is 0 Å². The highest BCUT2D eigenvalue weighted by Gasteiger charge is 2.33. The third-order valence-corrected chi connectivity index (χ3v) is 7.36. The maximum absolute atomic E-state index is 13.1. The lowest BCUT2D eigenvalue weighted by Gasteiger charge is -2.17. The molecule has 8 nitrogen and oxygen atoms in total. The van der Waals surface area contributed by atoms with Crippen LogP contribution in [0.25, 0.3) is 11.2 Å². The van der Waals surface area contributed by atoms with Gasteiger partial charge in [0.2, 0.25) is 10.0 Å². The van der Waals surface area contributed by atoms with Gasteiger partial charge in [-0.15, -0.1) is 0 Å². The number of nitrogens with zero attached hydrogens (tertiary/aromatic N) is 4. The summed E-state index contributed by atoms with van der Waals surface area (Å²) in [5, 5.41) is 0. The predicted octanol–water partition coefficient (Wildman–Crippen LogP) is 2.34. The van der Waals surface area contributed by atoms with E-state index in [0.29, 0.717) is 38.4 Å². The summed E-state index contributed by atoms with van der Waals surface area (Å²) in [6.45, 7) is 2.20. The minimum absolute atomic E-state index is 0.198. The molecule has 0 aliphatic carbocycles. The molecule has 1 aliphatic rings. The van der Waals surface area contributed by atoms with Gasteiger partial charge in [0.15, 0.2) is 5.65 Å². The smallest absolute Gasteiger partial charge is 0.243 e. The third-order valence-electron chi connectivity index (χ3n) is 5.50. The zero-order valence-corrected chi connectivity index (χ0v) is 18.0. The third kappa shape index (κ3) is 4.05. The molecule has 0 N–H and O–H groups in total. The molecule has 160 valence electrons. The van der Waals surface area contributed by atoms with Crippen molar-refractivity contribution in [3.8, 4) is 5.75 Å². The van der Waals surface area contributed by atoms with Gasteiger partial charge in [-0.25, -0.2) is 18.4 Å². The number of hydrogen-bond donors (Lipinski definition) is 0. The average molecular weight is 431 g/mol. The largest absolute Gasteiger partial charge is 0.497 e. The van der Waals surface area contributed by atoms with E-state index in [9.17, 15) is 8.42 Å². The maximum atomic E-state index is 13.1. The highest BCUT2D eigenvalue weighted by molar-refractivity contribution is 7.89. The fourth-order valence-electron chi connectivity index (χ4n) is 3.93. The second-order valence-electron chi connectivity index (χ2n) is 7.42. The number of rotatable bonds is 8. The van der Waals surface area contributed by atoms with Crippen LogP contribution >= 0.6 is 0 Å². The molecule has 30 heavy (non-hydrogen) atoms. The summed E-state index contributed by atoms with van der Waals surface area (Å²) in [5.41, 5.74) is 1.69. The van der Waals surface area contributed by atoms with Crippen molar-refractivity contribution in [2.45, 2.75) is 24.3 Å². The molecule has 0 bridgehead atoms. The van der Waals surface area contributed by atoms with Crippen molar-refractivity contribution in [1.29, 1.82) is 0 Å². The van der Waals surface area contributed by atoms with Gasteiger partial charge >= 0.3 is 0 Å². The normalized spacial score (nSPS) is 17.6. The summed E-state index contributed by atoms with van der Waals surface area (Å²) in [6, 6.07) is 10.4. The average Bonchev–Trinajstić information content (AvgIpc) is 3.37. The monoisotopic (exact) mass is 430 g/mol. The van der Waals surface area contributed by atoms with Crippen LogP contribution in [0.15, 0.2) is 47.5 Å². The first-order chi connectivity index (χ1) is 14.5. The SMILES string of the molecule is COCCn1c(C[C@H]2CCN(S(=O)(=O)c3cccc(OC)c3)C2)nc2cccnc21. The van der Waals surface area contributed by atoms with E-state index in [-0.39, 0.29) is 10.8 Å². The van der Waals surface area contributed by atoms with Crippen LogP contribution in [-0.4, -0.2) is 61.2 Å². The Bertz CT molecular complexity index is 1130. The summed E-state index contributed by atoms with van der Waals surface area (Å²) >= 11 is 0. The summed E-state index contributed by atoms with van der Waals surface area (Å²) < 4.78 is 40.2. The van der Waals surface area contributed by atoms with E-state index in [1.54, 1.807) is 41.9 Å². The zero-order valence-electron chi connectivity index (χ0n) is 17.2. The van der Waals surface area contributed by atoms with Crippen LogP contribution in [0.5, 0.6) is 5.75 Å². The summed E-state index contributed by atoms with van der Waals surface area (Å²) in [5.74, 6) is 1.65. The second-order valence-corrected chi connectivity index (χ2v) is 9.36. The van der Waals surface area contributed by atoms with Gasteiger partial charge in [-0.3, -0.25) is 0 Å². The lowest BCUT2D eigenvalue weighted by atomic mass is 10.0. The molecule has 3 aromatic rings. The zero-order chi connectivity index (χ0) is 21.1. The molecule has 1 aliphatic heterocycles. The molecular formula is C21H26N4O4S. The van der Waals surface area contributed by atoms with Gasteiger partial charge in [0, 0.05) is 45.4 Å². The predicted molar refractivity (Wildman–Crippen MR) is 113 cm³/mol. The van der Waals surface area contributed by atoms with E-state index in [1.807, 2.05) is 12.1 Å². The first-order valence-electron chi connectivity index (χ1n) is 9.96. The van der Waals surface area contributed by atoms with Gasteiger partial charge < -0.3 is 14.0 Å². The maximum Gasteiger partial charge on any atom is 0.243 e. The van der Waals surface area contributed by atoms with E-state index >= 15 is 0 Å². The first kappa shape index (κ1) is 20.8. The number of methoxy groups -OCH3 is 2. The quantitative estimate of drug-likeness (QED) is 0.545. The summed E-state index contributed by atoms with van der Waals surface area (Å²) in [4.78, 5) is 9.49. The van der Waals surface area contributed by atoms with Crippen LogP contribution < -0.4 is 4.74 Å². The number of fused-ring (bicyclic) bond motifs is 1. The Morgan fingerprint density at radius 3 is 2.87 bits per heavy atom. The van der Waals surface area contributed by atoms with Crippen LogP contribution in [0.3, 0.4) is 0 Å². The fourth-order valence-corrected chi connectivity index (χ4v) is 5.50. The minimum atomic E-state index is -3.55. The van der Waals surface area contributed by atoms with Crippen LogP contribution in [0.2, 0.25) is 0 Å². The highest BCUT2D eigenvalue weighted by Crippen LogP contribution is 2.28. The van der Waals surface area contributed by atoms with E-state index < -0.39 is 10.0 Å². The molecule has 1 fully saturated rings. The van der Waals surface area contributed by atoms with E-state index in [0.717, 1.165) is 23.4 Å². The highest BCUT2D eigenvalue weighted by atomic mass is 32.2. The van der Waals surface area contributed by atoms with Crippen molar-refractivity contribution in [2.24, 2.45) is 5.92 Å². The van der Waals surface area contributed by atoms with E-state index in [2.05, 4.69) is 9.55 Å². The number of aromatic nitrogens is 3. The molecule has 1 aromatic carbocycles.